The first-order valence-electron chi connectivity index (χ1n) is 5.64. The molecule has 8 heteroatoms. The van der Waals surface area contributed by atoms with Gasteiger partial charge in [0.1, 0.15) is 17.9 Å². The number of benzene rings is 1. The molecule has 0 radical (unpaired) electrons. The lowest BCUT2D eigenvalue weighted by atomic mass is 10.2. The van der Waals surface area contributed by atoms with Crippen LogP contribution in [0.2, 0.25) is 0 Å². The third-order valence-electron chi connectivity index (χ3n) is 2.48. The largest absolute Gasteiger partial charge is 0.507 e. The van der Waals surface area contributed by atoms with E-state index in [0.717, 1.165) is 17.0 Å². The Balaban J connectivity index is 2.78. The van der Waals surface area contributed by atoms with E-state index in [4.69, 9.17) is 5.11 Å². The molecule has 0 saturated carbocycles. The van der Waals surface area contributed by atoms with Gasteiger partial charge in [0.25, 0.3) is 0 Å². The summed E-state index contributed by atoms with van der Waals surface area (Å²) in [6.45, 7) is -0.133. The number of aromatic carboxylic acids is 1. The Bertz CT molecular complexity index is 544. The lowest BCUT2D eigenvalue weighted by Crippen LogP contribution is -2.39. The number of anilines is 1. The van der Waals surface area contributed by atoms with Crippen molar-refractivity contribution in [2.75, 3.05) is 26.0 Å². The minimum absolute atomic E-state index is 0.133. The maximum atomic E-state index is 11.8. The van der Waals surface area contributed by atoms with Crippen LogP contribution >= 0.6 is 0 Å². The number of carbonyl (C=O) groups is 3. The van der Waals surface area contributed by atoms with Gasteiger partial charge >= 0.3 is 12.0 Å². The quantitative estimate of drug-likeness (QED) is 0.592. The molecule has 0 unspecified atom stereocenters. The normalized spacial score (nSPS) is 9.70. The zero-order valence-corrected chi connectivity index (χ0v) is 11.0. The number of hydrogen-bond donors (Lipinski definition) is 4. The van der Waals surface area contributed by atoms with Crippen LogP contribution in [0.1, 0.15) is 10.4 Å². The van der Waals surface area contributed by atoms with E-state index in [1.54, 1.807) is 0 Å². The average Bonchev–Trinajstić information content (AvgIpc) is 2.40. The second-order valence-electron chi connectivity index (χ2n) is 4.00. The Hall–Kier alpha value is -2.77. The van der Waals surface area contributed by atoms with Crippen LogP contribution in [-0.4, -0.2) is 53.7 Å². The van der Waals surface area contributed by atoms with E-state index in [0.29, 0.717) is 0 Å². The lowest BCUT2D eigenvalue weighted by Gasteiger charge is -2.17. The first-order valence-corrected chi connectivity index (χ1v) is 5.64. The minimum Gasteiger partial charge on any atom is -0.507 e. The van der Waals surface area contributed by atoms with Crippen molar-refractivity contribution in [3.05, 3.63) is 23.8 Å². The van der Waals surface area contributed by atoms with Crippen LogP contribution in [0.15, 0.2) is 18.2 Å². The molecule has 0 saturated heterocycles. The van der Waals surface area contributed by atoms with Gasteiger partial charge in [0.15, 0.2) is 0 Å². The molecule has 0 atom stereocenters. The van der Waals surface area contributed by atoms with Crippen LogP contribution < -0.4 is 10.6 Å². The number of likely N-dealkylation sites (N-methyl/N-ethyl adjacent to an activating group) is 2. The number of rotatable bonds is 4. The molecular formula is C12H15N3O5. The van der Waals surface area contributed by atoms with Crippen molar-refractivity contribution in [1.82, 2.24) is 10.2 Å². The number of carbonyl (C=O) groups excluding carboxylic acids is 2. The molecule has 1 aromatic rings. The maximum absolute atomic E-state index is 11.8. The first kappa shape index (κ1) is 15.3. The summed E-state index contributed by atoms with van der Waals surface area (Å²) >= 11 is 0. The number of nitrogens with zero attached hydrogens (tertiary/aromatic N) is 1. The van der Waals surface area contributed by atoms with Crippen molar-refractivity contribution in [3.8, 4) is 5.75 Å². The predicted octanol–water partition coefficient (Wildman–Crippen LogP) is 0.300. The SMILES string of the molecule is CNC(=O)CN(C)C(=O)Nc1ccc(O)c(C(=O)O)c1. The number of urea groups is 1. The standard InChI is InChI=1S/C12H15N3O5/c1-13-10(17)6-15(2)12(20)14-7-3-4-9(16)8(5-7)11(18)19/h3-5,16H,6H2,1-2H3,(H,13,17)(H,14,20)(H,18,19). The van der Waals surface area contributed by atoms with E-state index in [9.17, 15) is 19.5 Å². The summed E-state index contributed by atoms with van der Waals surface area (Å²) in [6.07, 6.45) is 0. The van der Waals surface area contributed by atoms with Crippen molar-refractivity contribution in [2.45, 2.75) is 0 Å². The molecule has 4 N–H and O–H groups in total. The van der Waals surface area contributed by atoms with Gasteiger partial charge in [-0.25, -0.2) is 9.59 Å². The Kier molecular flexibility index (Phi) is 4.90. The number of hydrogen-bond acceptors (Lipinski definition) is 4. The zero-order valence-electron chi connectivity index (χ0n) is 11.0. The molecule has 1 rings (SSSR count). The molecule has 20 heavy (non-hydrogen) atoms. The van der Waals surface area contributed by atoms with E-state index in [2.05, 4.69) is 10.6 Å². The van der Waals surface area contributed by atoms with Crippen LogP contribution in [0.4, 0.5) is 10.5 Å². The van der Waals surface area contributed by atoms with Gasteiger partial charge in [0.05, 0.1) is 0 Å². The van der Waals surface area contributed by atoms with Gasteiger partial charge < -0.3 is 25.7 Å². The molecule has 0 aliphatic heterocycles. The first-order chi connectivity index (χ1) is 9.35. The van der Waals surface area contributed by atoms with Crippen molar-refractivity contribution in [3.63, 3.8) is 0 Å². The van der Waals surface area contributed by atoms with E-state index in [1.807, 2.05) is 0 Å². The van der Waals surface area contributed by atoms with Crippen molar-refractivity contribution < 1.29 is 24.6 Å². The Morgan fingerprint density at radius 1 is 1.30 bits per heavy atom. The smallest absolute Gasteiger partial charge is 0.339 e. The molecule has 0 fully saturated rings. The summed E-state index contributed by atoms with van der Waals surface area (Å²) < 4.78 is 0. The van der Waals surface area contributed by atoms with Gasteiger partial charge in [-0.15, -0.1) is 0 Å². The van der Waals surface area contributed by atoms with Gasteiger partial charge in [-0.3, -0.25) is 4.79 Å². The van der Waals surface area contributed by atoms with Gasteiger partial charge in [-0.1, -0.05) is 0 Å². The fourth-order valence-corrected chi connectivity index (χ4v) is 1.37. The van der Waals surface area contributed by atoms with Crippen LogP contribution in [0, 0.1) is 0 Å². The maximum Gasteiger partial charge on any atom is 0.339 e. The molecule has 0 aliphatic carbocycles. The lowest BCUT2D eigenvalue weighted by molar-refractivity contribution is -0.120. The molecule has 8 nitrogen and oxygen atoms in total. The highest BCUT2D eigenvalue weighted by molar-refractivity contribution is 5.96. The molecule has 0 aromatic heterocycles. The molecule has 0 spiro atoms. The fraction of sp³-hybridized carbons (Fsp3) is 0.250. The second-order valence-corrected chi connectivity index (χ2v) is 4.00. The van der Waals surface area contributed by atoms with Crippen molar-refractivity contribution in [1.29, 1.82) is 0 Å². The van der Waals surface area contributed by atoms with Gasteiger partial charge in [-0.05, 0) is 18.2 Å². The summed E-state index contributed by atoms with van der Waals surface area (Å²) in [5, 5.41) is 23.0. The van der Waals surface area contributed by atoms with Crippen LogP contribution in [0.25, 0.3) is 0 Å². The number of carboxylic acids is 1. The van der Waals surface area contributed by atoms with Crippen LogP contribution in [0.3, 0.4) is 0 Å². The van der Waals surface area contributed by atoms with Crippen LogP contribution in [-0.2, 0) is 4.79 Å². The second kappa shape index (κ2) is 6.41. The van der Waals surface area contributed by atoms with E-state index in [-0.39, 0.29) is 23.7 Å². The summed E-state index contributed by atoms with van der Waals surface area (Å²) in [5.74, 6) is -2.04. The van der Waals surface area contributed by atoms with E-state index >= 15 is 0 Å². The molecular weight excluding hydrogens is 266 g/mol. The Morgan fingerprint density at radius 3 is 2.50 bits per heavy atom. The van der Waals surface area contributed by atoms with Gasteiger partial charge in [0.2, 0.25) is 5.91 Å². The third-order valence-corrected chi connectivity index (χ3v) is 2.48. The number of carboxylic acid groups (broad SMARTS) is 1. The Morgan fingerprint density at radius 2 is 1.95 bits per heavy atom. The highest BCUT2D eigenvalue weighted by Crippen LogP contribution is 2.21. The predicted molar refractivity (Wildman–Crippen MR) is 70.8 cm³/mol. The molecule has 0 heterocycles. The Labute approximate surface area is 115 Å². The van der Waals surface area contributed by atoms with E-state index in [1.165, 1.54) is 20.2 Å². The van der Waals surface area contributed by atoms with Gasteiger partial charge in [0, 0.05) is 19.8 Å². The summed E-state index contributed by atoms with van der Waals surface area (Å²) in [5.41, 5.74) is -0.120. The summed E-state index contributed by atoms with van der Waals surface area (Å²) in [4.78, 5) is 34.9. The zero-order chi connectivity index (χ0) is 15.3. The van der Waals surface area contributed by atoms with Crippen molar-refractivity contribution in [2.24, 2.45) is 0 Å². The minimum atomic E-state index is -1.31. The van der Waals surface area contributed by atoms with Gasteiger partial charge in [-0.2, -0.15) is 0 Å². The average molecular weight is 281 g/mol. The van der Waals surface area contributed by atoms with Crippen molar-refractivity contribution >= 4 is 23.6 Å². The molecule has 0 bridgehead atoms. The number of phenols is 1. The molecule has 0 aliphatic rings. The number of nitrogens with one attached hydrogen (secondary N) is 2. The molecule has 108 valence electrons. The highest BCUT2D eigenvalue weighted by atomic mass is 16.4. The van der Waals surface area contributed by atoms with E-state index < -0.39 is 17.7 Å². The number of amides is 3. The molecule has 3 amide bonds. The summed E-state index contributed by atoms with van der Waals surface area (Å²) in [6, 6.07) is 3.07. The fourth-order valence-electron chi connectivity index (χ4n) is 1.37. The van der Waals surface area contributed by atoms with Crippen LogP contribution in [0.5, 0.6) is 5.75 Å². The molecule has 1 aromatic carbocycles. The third kappa shape index (κ3) is 3.87. The number of aromatic hydroxyl groups is 1. The monoisotopic (exact) mass is 281 g/mol. The highest BCUT2D eigenvalue weighted by Gasteiger charge is 2.14. The summed E-state index contributed by atoms with van der Waals surface area (Å²) in [7, 11) is 2.87. The topological polar surface area (TPSA) is 119 Å².